The lowest BCUT2D eigenvalue weighted by Gasteiger charge is -2.41. The highest BCUT2D eigenvalue weighted by Crippen LogP contribution is 2.44. The van der Waals surface area contributed by atoms with E-state index in [4.69, 9.17) is 9.68 Å². The van der Waals surface area contributed by atoms with Crippen LogP contribution in [0.3, 0.4) is 0 Å². The largest absolute Gasteiger partial charge is 0.299 e. The molecule has 0 saturated carbocycles. The van der Waals surface area contributed by atoms with Crippen molar-refractivity contribution in [1.82, 2.24) is 10.1 Å². The van der Waals surface area contributed by atoms with E-state index in [2.05, 4.69) is 20.8 Å². The van der Waals surface area contributed by atoms with Crippen molar-refractivity contribution in [3.05, 3.63) is 34.4 Å². The number of hydrogen-bond acceptors (Lipinski definition) is 5. The number of carbonyl (C=O) groups excluding carboxylic acids is 2. The van der Waals surface area contributed by atoms with Crippen molar-refractivity contribution in [2.75, 3.05) is 26.8 Å². The molecule has 0 N–H and O–H groups in total. The third-order valence-corrected chi connectivity index (χ3v) is 7.36. The highest BCUT2D eigenvalue weighted by atomic mass is 16.7. The van der Waals surface area contributed by atoms with E-state index in [1.807, 2.05) is 38.0 Å². The monoisotopic (exact) mass is 444 g/mol. The number of amides is 1. The van der Waals surface area contributed by atoms with Crippen LogP contribution in [0.25, 0.3) is 0 Å². The van der Waals surface area contributed by atoms with Gasteiger partial charge < -0.3 is 0 Å². The summed E-state index contributed by atoms with van der Waals surface area (Å²) in [7, 11) is 1.49. The summed E-state index contributed by atoms with van der Waals surface area (Å²) in [5.41, 5.74) is 3.02. The Labute approximate surface area is 193 Å². The third kappa shape index (κ3) is 4.63. The lowest BCUT2D eigenvalue weighted by molar-refractivity contribution is -0.228. The molecule has 0 aromatic heterocycles. The number of ketones is 1. The van der Waals surface area contributed by atoms with Crippen LogP contribution >= 0.6 is 0 Å². The molecule has 2 saturated heterocycles. The van der Waals surface area contributed by atoms with Crippen LogP contribution < -0.4 is 0 Å². The quantitative estimate of drug-likeness (QED) is 0.552. The molecule has 2 aliphatic heterocycles. The fraction of sp³-hybridized carbons (Fsp3) is 0.692. The minimum atomic E-state index is -0.914. The van der Waals surface area contributed by atoms with Crippen molar-refractivity contribution in [2.24, 2.45) is 11.8 Å². The van der Waals surface area contributed by atoms with Crippen LogP contribution in [-0.4, -0.2) is 54.2 Å². The third-order valence-electron chi connectivity index (χ3n) is 7.36. The molecule has 3 unspecified atom stereocenters. The van der Waals surface area contributed by atoms with Crippen LogP contribution in [0.2, 0.25) is 0 Å². The summed E-state index contributed by atoms with van der Waals surface area (Å²) in [4.78, 5) is 38.8. The molecular weight excluding hydrogens is 404 g/mol. The number of hydrogen-bond donors (Lipinski definition) is 0. The highest BCUT2D eigenvalue weighted by Gasteiger charge is 2.60. The van der Waals surface area contributed by atoms with E-state index in [-0.39, 0.29) is 11.7 Å². The molecule has 2 fully saturated rings. The van der Waals surface area contributed by atoms with Crippen LogP contribution in [0.1, 0.15) is 74.6 Å². The summed E-state index contributed by atoms with van der Waals surface area (Å²) >= 11 is 0. The van der Waals surface area contributed by atoms with Gasteiger partial charge in [0.1, 0.15) is 11.5 Å². The fourth-order valence-corrected chi connectivity index (χ4v) is 5.56. The van der Waals surface area contributed by atoms with Gasteiger partial charge >= 0.3 is 0 Å². The van der Waals surface area contributed by atoms with Gasteiger partial charge in [0.05, 0.1) is 13.7 Å². The second kappa shape index (κ2) is 10.0. The van der Waals surface area contributed by atoms with Gasteiger partial charge in [0.15, 0.2) is 5.78 Å². The predicted octanol–water partition coefficient (Wildman–Crippen LogP) is 4.51. The number of carbonyl (C=O) groups is 2. The predicted molar refractivity (Wildman–Crippen MR) is 125 cm³/mol. The summed E-state index contributed by atoms with van der Waals surface area (Å²) in [6.07, 6.45) is 3.37. The zero-order chi connectivity index (χ0) is 23.6. The van der Waals surface area contributed by atoms with Gasteiger partial charge in [0.2, 0.25) is 0 Å². The minimum Gasteiger partial charge on any atom is -0.299 e. The Kier molecular flexibility index (Phi) is 7.79. The Morgan fingerprint density at radius 3 is 2.19 bits per heavy atom. The van der Waals surface area contributed by atoms with E-state index in [0.717, 1.165) is 28.7 Å². The maximum absolute atomic E-state index is 13.8. The molecule has 1 amide bonds. The molecule has 2 aliphatic rings. The van der Waals surface area contributed by atoms with Crippen LogP contribution in [0.5, 0.6) is 0 Å². The van der Waals surface area contributed by atoms with Gasteiger partial charge in [-0.25, -0.2) is 5.06 Å². The van der Waals surface area contributed by atoms with Gasteiger partial charge in [-0.3, -0.25) is 19.3 Å². The number of benzene rings is 1. The zero-order valence-electron chi connectivity index (χ0n) is 20.9. The summed E-state index contributed by atoms with van der Waals surface area (Å²) in [5, 5.41) is 3.32. The molecule has 3 atom stereocenters. The van der Waals surface area contributed by atoms with Gasteiger partial charge in [0.25, 0.3) is 5.91 Å². The normalized spacial score (nSPS) is 23.2. The molecular formula is C26H40N2O4. The number of Topliss-reactive ketones (excluding diaryl/α,β-unsaturated/α-hetero) is 1. The Balaban J connectivity index is 1.73. The SMILES string of the molecule is CCC(C)CC(C)CON1CCC2(CC1)C(=O)C(c1c(C)cc(C)cc1C)C(=O)N2OC. The summed E-state index contributed by atoms with van der Waals surface area (Å²) < 4.78 is 0. The zero-order valence-corrected chi connectivity index (χ0v) is 20.9. The van der Waals surface area contributed by atoms with Crippen molar-refractivity contribution in [1.29, 1.82) is 0 Å². The number of hydroxylamine groups is 4. The first kappa shape index (κ1) is 24.9. The van der Waals surface area contributed by atoms with Crippen molar-refractivity contribution in [2.45, 2.75) is 78.7 Å². The number of aryl methyl sites for hydroxylation is 3. The second-order valence-electron chi connectivity index (χ2n) is 10.0. The second-order valence-corrected chi connectivity index (χ2v) is 10.0. The summed E-state index contributed by atoms with van der Waals surface area (Å²) in [6.45, 7) is 14.6. The van der Waals surface area contributed by atoms with E-state index in [1.165, 1.54) is 18.6 Å². The summed E-state index contributed by atoms with van der Waals surface area (Å²) in [6, 6.07) is 4.09. The molecule has 0 aliphatic carbocycles. The van der Waals surface area contributed by atoms with E-state index >= 15 is 0 Å². The molecule has 1 aromatic rings. The van der Waals surface area contributed by atoms with Gasteiger partial charge in [-0.05, 0) is 68.6 Å². The topological polar surface area (TPSA) is 59.1 Å². The Morgan fingerprint density at radius 1 is 1.06 bits per heavy atom. The van der Waals surface area contributed by atoms with Crippen LogP contribution in [0, 0.1) is 32.6 Å². The van der Waals surface area contributed by atoms with E-state index < -0.39 is 11.5 Å². The van der Waals surface area contributed by atoms with E-state index in [1.54, 1.807) is 0 Å². The molecule has 6 nitrogen and oxygen atoms in total. The first-order valence-electron chi connectivity index (χ1n) is 12.0. The molecule has 0 bridgehead atoms. The fourth-order valence-electron chi connectivity index (χ4n) is 5.56. The van der Waals surface area contributed by atoms with Crippen molar-refractivity contribution in [3.8, 4) is 0 Å². The van der Waals surface area contributed by atoms with Crippen molar-refractivity contribution >= 4 is 11.7 Å². The maximum atomic E-state index is 13.8. The Bertz CT molecular complexity index is 821. The average Bonchev–Trinajstić information content (AvgIpc) is 2.93. The van der Waals surface area contributed by atoms with Gasteiger partial charge in [0, 0.05) is 13.1 Å². The van der Waals surface area contributed by atoms with Gasteiger partial charge in [-0.2, -0.15) is 5.06 Å². The number of piperidine rings is 1. The molecule has 1 spiro atoms. The maximum Gasteiger partial charge on any atom is 0.262 e. The number of nitrogens with zero attached hydrogens (tertiary/aromatic N) is 2. The van der Waals surface area contributed by atoms with E-state index in [9.17, 15) is 9.59 Å². The average molecular weight is 445 g/mol. The summed E-state index contributed by atoms with van der Waals surface area (Å²) in [5.74, 6) is 0.107. The molecule has 2 heterocycles. The minimum absolute atomic E-state index is 0.0378. The molecule has 3 rings (SSSR count). The van der Waals surface area contributed by atoms with Gasteiger partial charge in [-0.15, -0.1) is 0 Å². The standard InChI is InChI=1S/C26H40N2O4/c1-8-17(2)13-19(4)16-32-27-11-9-26(10-12-27)24(29)23(25(30)28(26)31-7)22-20(5)14-18(3)15-21(22)6/h14-15,17,19,23H,8-13,16H2,1-7H3. The first-order chi connectivity index (χ1) is 15.1. The lowest BCUT2D eigenvalue weighted by Crippen LogP contribution is -2.56. The smallest absolute Gasteiger partial charge is 0.262 e. The van der Waals surface area contributed by atoms with Crippen molar-refractivity contribution < 1.29 is 19.3 Å². The molecule has 178 valence electrons. The molecule has 1 aromatic carbocycles. The number of rotatable bonds is 8. The van der Waals surface area contributed by atoms with Crippen LogP contribution in [0.4, 0.5) is 0 Å². The van der Waals surface area contributed by atoms with E-state index in [0.29, 0.717) is 44.4 Å². The molecule has 32 heavy (non-hydrogen) atoms. The van der Waals surface area contributed by atoms with Crippen LogP contribution in [0.15, 0.2) is 12.1 Å². The lowest BCUT2D eigenvalue weighted by atomic mass is 9.79. The van der Waals surface area contributed by atoms with Crippen LogP contribution in [-0.2, 0) is 19.3 Å². The first-order valence-corrected chi connectivity index (χ1v) is 12.0. The van der Waals surface area contributed by atoms with Crippen molar-refractivity contribution in [3.63, 3.8) is 0 Å². The Morgan fingerprint density at radius 2 is 1.66 bits per heavy atom. The Hall–Kier alpha value is -1.76. The highest BCUT2D eigenvalue weighted by molar-refractivity contribution is 6.17. The molecule has 0 radical (unpaired) electrons. The molecule has 6 heteroatoms. The van der Waals surface area contributed by atoms with Gasteiger partial charge in [-0.1, -0.05) is 44.9 Å².